The van der Waals surface area contributed by atoms with Gasteiger partial charge < -0.3 is 10.1 Å². The van der Waals surface area contributed by atoms with Crippen LogP contribution in [-0.4, -0.2) is 20.3 Å². The number of benzene rings is 1. The number of rotatable bonds is 6. The highest BCUT2D eigenvalue weighted by Gasteiger charge is 2.01. The van der Waals surface area contributed by atoms with Gasteiger partial charge in [0.05, 0.1) is 0 Å². The molecule has 0 aliphatic rings. The fraction of sp³-hybridized carbons (Fsp3) is 0.500. The maximum absolute atomic E-state index is 4.98. The second-order valence-corrected chi connectivity index (χ2v) is 3.36. The Morgan fingerprint density at radius 1 is 1.43 bits per heavy atom. The van der Waals surface area contributed by atoms with Crippen molar-refractivity contribution in [1.29, 1.82) is 0 Å². The Bertz CT molecular complexity index is 235. The highest BCUT2D eigenvalue weighted by Crippen LogP contribution is 2.10. The Labute approximate surface area is 86.3 Å². The smallest absolute Gasteiger partial charge is 0.0474 e. The molecular formula is C12H18NO. The molecule has 1 rings (SSSR count). The van der Waals surface area contributed by atoms with Crippen molar-refractivity contribution in [2.45, 2.75) is 19.4 Å². The van der Waals surface area contributed by atoms with E-state index >= 15 is 0 Å². The highest BCUT2D eigenvalue weighted by atomic mass is 16.5. The van der Waals surface area contributed by atoms with Crippen LogP contribution < -0.4 is 5.32 Å². The van der Waals surface area contributed by atoms with Crippen LogP contribution in [-0.2, 0) is 4.74 Å². The first-order chi connectivity index (χ1) is 6.84. The third kappa shape index (κ3) is 3.90. The average Bonchev–Trinajstić information content (AvgIpc) is 2.25. The number of hydrogen-bond acceptors (Lipinski definition) is 2. The Balaban J connectivity index is 2.25. The van der Waals surface area contributed by atoms with Crippen LogP contribution in [0.25, 0.3) is 0 Å². The van der Waals surface area contributed by atoms with Gasteiger partial charge in [-0.2, -0.15) is 0 Å². The number of ether oxygens (including phenoxy) is 1. The molecule has 1 unspecified atom stereocenters. The summed E-state index contributed by atoms with van der Waals surface area (Å²) < 4.78 is 4.98. The van der Waals surface area contributed by atoms with Gasteiger partial charge in [-0.05, 0) is 31.5 Å². The van der Waals surface area contributed by atoms with E-state index in [1.807, 2.05) is 12.1 Å². The van der Waals surface area contributed by atoms with Gasteiger partial charge in [-0.3, -0.25) is 0 Å². The summed E-state index contributed by atoms with van der Waals surface area (Å²) in [6, 6.07) is 11.5. The monoisotopic (exact) mass is 192 g/mol. The summed E-state index contributed by atoms with van der Waals surface area (Å²) >= 11 is 0. The number of nitrogens with one attached hydrogen (secondary N) is 1. The van der Waals surface area contributed by atoms with E-state index in [1.54, 1.807) is 7.11 Å². The third-order valence-corrected chi connectivity index (χ3v) is 2.22. The molecule has 1 aromatic rings. The lowest BCUT2D eigenvalue weighted by molar-refractivity contribution is 0.193. The standard InChI is InChI=1S/C12H18NO/c1-11(13-9-6-10-14-2)12-7-4-3-5-8-12/h4-5,7-8,11,13H,6,9-10H2,1-2H3. The molecule has 1 radical (unpaired) electrons. The molecule has 2 heteroatoms. The number of hydrogen-bond donors (Lipinski definition) is 1. The van der Waals surface area contributed by atoms with Gasteiger partial charge in [0.15, 0.2) is 0 Å². The molecule has 0 bridgehead atoms. The average molecular weight is 192 g/mol. The molecule has 0 amide bonds. The predicted molar refractivity (Wildman–Crippen MR) is 58.2 cm³/mol. The van der Waals surface area contributed by atoms with Crippen LogP contribution >= 0.6 is 0 Å². The van der Waals surface area contributed by atoms with E-state index in [4.69, 9.17) is 4.74 Å². The van der Waals surface area contributed by atoms with Crippen LogP contribution in [0.5, 0.6) is 0 Å². The molecule has 2 nitrogen and oxygen atoms in total. The lowest BCUT2D eigenvalue weighted by atomic mass is 10.1. The topological polar surface area (TPSA) is 21.3 Å². The largest absolute Gasteiger partial charge is 0.385 e. The SMILES string of the molecule is COCCCNC(C)c1cc[c]cc1. The molecule has 0 saturated carbocycles. The molecule has 0 aliphatic carbocycles. The van der Waals surface area contributed by atoms with Crippen LogP contribution in [0.4, 0.5) is 0 Å². The minimum Gasteiger partial charge on any atom is -0.385 e. The maximum atomic E-state index is 4.98. The van der Waals surface area contributed by atoms with E-state index in [-0.39, 0.29) is 0 Å². The van der Waals surface area contributed by atoms with Crippen molar-refractivity contribution in [1.82, 2.24) is 5.32 Å². The molecule has 14 heavy (non-hydrogen) atoms. The Morgan fingerprint density at radius 2 is 2.14 bits per heavy atom. The van der Waals surface area contributed by atoms with Crippen molar-refractivity contribution < 1.29 is 4.74 Å². The minimum atomic E-state index is 0.404. The van der Waals surface area contributed by atoms with Crippen molar-refractivity contribution >= 4 is 0 Å². The number of methoxy groups -OCH3 is 1. The maximum Gasteiger partial charge on any atom is 0.0474 e. The van der Waals surface area contributed by atoms with Crippen LogP contribution in [0.2, 0.25) is 0 Å². The van der Waals surface area contributed by atoms with E-state index in [2.05, 4.69) is 30.4 Å². The van der Waals surface area contributed by atoms with Gasteiger partial charge in [0, 0.05) is 19.8 Å². The zero-order valence-electron chi connectivity index (χ0n) is 8.92. The van der Waals surface area contributed by atoms with Crippen molar-refractivity contribution in [3.05, 3.63) is 35.9 Å². The van der Waals surface area contributed by atoms with E-state index in [0.29, 0.717) is 6.04 Å². The van der Waals surface area contributed by atoms with Gasteiger partial charge in [0.2, 0.25) is 0 Å². The molecule has 0 aromatic heterocycles. The van der Waals surface area contributed by atoms with Crippen molar-refractivity contribution in [2.24, 2.45) is 0 Å². The van der Waals surface area contributed by atoms with Crippen LogP contribution in [0, 0.1) is 6.07 Å². The second kappa shape index (κ2) is 6.57. The molecule has 0 fully saturated rings. The van der Waals surface area contributed by atoms with E-state index in [1.165, 1.54) is 5.56 Å². The predicted octanol–water partition coefficient (Wildman–Crippen LogP) is 2.17. The summed E-state index contributed by atoms with van der Waals surface area (Å²) in [6.45, 7) is 3.98. The highest BCUT2D eigenvalue weighted by molar-refractivity contribution is 5.17. The Hall–Kier alpha value is -0.860. The zero-order chi connectivity index (χ0) is 10.2. The van der Waals surface area contributed by atoms with Crippen molar-refractivity contribution in [3.8, 4) is 0 Å². The van der Waals surface area contributed by atoms with Gasteiger partial charge in [0.25, 0.3) is 0 Å². The van der Waals surface area contributed by atoms with E-state index in [0.717, 1.165) is 19.6 Å². The molecular weight excluding hydrogens is 174 g/mol. The Morgan fingerprint density at radius 3 is 2.79 bits per heavy atom. The minimum absolute atomic E-state index is 0.404. The molecule has 0 spiro atoms. The van der Waals surface area contributed by atoms with Gasteiger partial charge >= 0.3 is 0 Å². The van der Waals surface area contributed by atoms with Gasteiger partial charge in [-0.25, -0.2) is 0 Å². The summed E-state index contributed by atoms with van der Waals surface area (Å²) in [5, 5.41) is 3.44. The first kappa shape index (κ1) is 11.2. The fourth-order valence-corrected chi connectivity index (χ4v) is 1.34. The van der Waals surface area contributed by atoms with Gasteiger partial charge in [-0.15, -0.1) is 0 Å². The molecule has 1 aromatic carbocycles. The first-order valence-electron chi connectivity index (χ1n) is 5.03. The Kier molecular flexibility index (Phi) is 5.27. The summed E-state index contributed by atoms with van der Waals surface area (Å²) in [6.07, 6.45) is 1.06. The fourth-order valence-electron chi connectivity index (χ4n) is 1.34. The van der Waals surface area contributed by atoms with Gasteiger partial charge in [0.1, 0.15) is 0 Å². The lowest BCUT2D eigenvalue weighted by Gasteiger charge is -2.13. The summed E-state index contributed by atoms with van der Waals surface area (Å²) in [7, 11) is 1.73. The second-order valence-electron chi connectivity index (χ2n) is 3.36. The van der Waals surface area contributed by atoms with Crippen LogP contribution in [0.3, 0.4) is 0 Å². The van der Waals surface area contributed by atoms with Gasteiger partial charge in [-0.1, -0.05) is 24.3 Å². The molecule has 77 valence electrons. The van der Waals surface area contributed by atoms with Crippen molar-refractivity contribution in [3.63, 3.8) is 0 Å². The normalized spacial score (nSPS) is 12.7. The quantitative estimate of drug-likeness (QED) is 0.697. The summed E-state index contributed by atoms with van der Waals surface area (Å²) in [5.74, 6) is 0. The van der Waals surface area contributed by atoms with Crippen LogP contribution in [0.1, 0.15) is 24.9 Å². The molecule has 0 saturated heterocycles. The third-order valence-electron chi connectivity index (χ3n) is 2.22. The molecule has 1 atom stereocenters. The molecule has 0 heterocycles. The zero-order valence-corrected chi connectivity index (χ0v) is 8.92. The first-order valence-corrected chi connectivity index (χ1v) is 5.03. The summed E-state index contributed by atoms with van der Waals surface area (Å²) in [5.41, 5.74) is 1.31. The van der Waals surface area contributed by atoms with E-state index in [9.17, 15) is 0 Å². The van der Waals surface area contributed by atoms with Crippen molar-refractivity contribution in [2.75, 3.05) is 20.3 Å². The van der Waals surface area contributed by atoms with Crippen LogP contribution in [0.15, 0.2) is 24.3 Å². The van der Waals surface area contributed by atoms with E-state index < -0.39 is 0 Å². The molecule has 1 N–H and O–H groups in total. The lowest BCUT2D eigenvalue weighted by Crippen LogP contribution is -2.20. The summed E-state index contributed by atoms with van der Waals surface area (Å²) in [4.78, 5) is 0. The molecule has 0 aliphatic heterocycles.